The van der Waals surface area contributed by atoms with Crippen LogP contribution < -0.4 is 60.0 Å². The number of benzene rings is 6. The molecule has 6 rings (SSSR count). The minimum Gasteiger partial charge on any atom is -0.548 e. The normalized spacial score (nSPS) is 10.1. The number of anilines is 6. The molecular weight excluding hydrogens is 1130 g/mol. The van der Waals surface area contributed by atoms with Crippen molar-refractivity contribution in [3.8, 4) is 34.5 Å². The number of hydrogen-bond donors (Lipinski definition) is 6. The van der Waals surface area contributed by atoms with E-state index in [0.29, 0.717) is 0 Å². The smallest absolute Gasteiger partial charge is 0.548 e. The first kappa shape index (κ1) is 66.9. The van der Waals surface area contributed by atoms with Gasteiger partial charge in [-0.3, -0.25) is 0 Å². The maximum Gasteiger partial charge on any atom is 3.00 e. The van der Waals surface area contributed by atoms with Gasteiger partial charge >= 0.3 is 34.1 Å². The van der Waals surface area contributed by atoms with Crippen molar-refractivity contribution in [3.63, 3.8) is 0 Å². The Kier molecular flexibility index (Phi) is 28.3. The van der Waals surface area contributed by atoms with E-state index < -0.39 is 75.1 Å². The van der Waals surface area contributed by atoms with Crippen LogP contribution in [0.2, 0.25) is 0 Å². The molecule has 0 heterocycles. The summed E-state index contributed by atoms with van der Waals surface area (Å²) in [6.07, 6.45) is 0. The molecule has 0 saturated carbocycles. The monoisotopic (exact) mass is 1190 g/mol. The molecule has 0 spiro atoms. The van der Waals surface area contributed by atoms with Crippen LogP contribution in [-0.2, 0) is 62.9 Å². The molecule has 6 aromatic rings. The first-order valence-electron chi connectivity index (χ1n) is 23.5. The first-order chi connectivity index (χ1) is 37.1. The third-order valence-electron chi connectivity index (χ3n) is 11.2. The fraction of sp³-hybridized carbons (Fsp3) is 0.222. The number of aliphatic carboxylic acids is 6. The second-order valence-electron chi connectivity index (χ2n) is 16.7. The van der Waals surface area contributed by atoms with E-state index in [-0.39, 0.29) is 142 Å². The standard InChI is InChI=1S/3C18H20N2O6.2Fe/c3*21-15-7-3-1-5-13(15)19(11-17(23)24)9-10-20(12-18(25)26)14-6-2-4-8-16(14)22;;/h3*1-8,21-22H,9-12H2,(H,23,24)(H,25,26);;/q;;;2*+3/p-6. The van der Waals surface area contributed by atoms with Gasteiger partial charge in [0.25, 0.3) is 0 Å². The number of aromatic hydroxyl groups is 6. The summed E-state index contributed by atoms with van der Waals surface area (Å²) in [5.41, 5.74) is 1.68. The van der Waals surface area contributed by atoms with Crippen LogP contribution in [0.15, 0.2) is 146 Å². The summed E-state index contributed by atoms with van der Waals surface area (Å²) in [6.45, 7) is -2.56. The van der Waals surface area contributed by atoms with Crippen LogP contribution in [-0.4, -0.2) is 145 Å². The van der Waals surface area contributed by atoms with Gasteiger partial charge in [0, 0.05) is 39.3 Å². The Morgan fingerprint density at radius 3 is 0.463 bits per heavy atom. The first-order valence-corrected chi connectivity index (χ1v) is 23.5. The van der Waals surface area contributed by atoms with Crippen LogP contribution in [0.4, 0.5) is 34.1 Å². The maximum atomic E-state index is 11.0. The number of carboxylic acids is 6. The summed E-state index contributed by atoms with van der Waals surface area (Å²) < 4.78 is 0. The Morgan fingerprint density at radius 2 is 0.362 bits per heavy atom. The predicted octanol–water partition coefficient (Wildman–Crippen LogP) is -3.27. The Hall–Kier alpha value is -9.22. The number of phenols is 6. The average molecular weight is 1190 g/mol. The van der Waals surface area contributed by atoms with Crippen LogP contribution in [0.3, 0.4) is 0 Å². The van der Waals surface area contributed by atoms with Gasteiger partial charge in [-0.15, -0.1) is 0 Å². The number of rotatable bonds is 27. The summed E-state index contributed by atoms with van der Waals surface area (Å²) >= 11 is 0. The number of nitrogens with zero attached hydrogens (tertiary/aromatic N) is 6. The van der Waals surface area contributed by atoms with Crippen molar-refractivity contribution < 1.29 is 124 Å². The summed E-state index contributed by atoms with van der Waals surface area (Å²) in [5.74, 6) is -8.72. The molecule has 0 aliphatic carbocycles. The number of phenolic OH excluding ortho intramolecular Hbond substituents is 6. The zero-order chi connectivity index (χ0) is 57.3. The second-order valence-corrected chi connectivity index (χ2v) is 16.7. The zero-order valence-electron chi connectivity index (χ0n) is 42.3. The molecule has 0 bridgehead atoms. The van der Waals surface area contributed by atoms with Crippen molar-refractivity contribution in [1.82, 2.24) is 0 Å². The Balaban J connectivity index is 0.000000405. The molecule has 24 nitrogen and oxygen atoms in total. The van der Waals surface area contributed by atoms with Gasteiger partial charge < -0.3 is 119 Å². The number of hydrogen-bond acceptors (Lipinski definition) is 24. The molecule has 424 valence electrons. The van der Waals surface area contributed by atoms with Crippen LogP contribution >= 0.6 is 0 Å². The van der Waals surface area contributed by atoms with Gasteiger partial charge in [0.2, 0.25) is 0 Å². The minimum absolute atomic E-state index is 0. The van der Waals surface area contributed by atoms with Gasteiger partial charge in [0.05, 0.1) is 109 Å². The molecule has 6 aromatic carbocycles. The molecule has 0 aliphatic heterocycles. The molecule has 0 fully saturated rings. The summed E-state index contributed by atoms with van der Waals surface area (Å²) in [6, 6.07) is 37.2. The van der Waals surface area contributed by atoms with Crippen LogP contribution in [0.5, 0.6) is 34.5 Å². The Labute approximate surface area is 480 Å². The number of carbonyl (C=O) groups excluding carboxylic acids is 6. The van der Waals surface area contributed by atoms with E-state index in [1.54, 1.807) is 109 Å². The van der Waals surface area contributed by atoms with Crippen LogP contribution in [0.25, 0.3) is 0 Å². The molecule has 0 aromatic heterocycles. The molecule has 0 unspecified atom stereocenters. The average Bonchev–Trinajstić information content (AvgIpc) is 3.38. The molecule has 0 saturated heterocycles. The molecule has 80 heavy (non-hydrogen) atoms. The van der Waals surface area contributed by atoms with Crippen LogP contribution in [0, 0.1) is 0 Å². The molecule has 6 N–H and O–H groups in total. The van der Waals surface area contributed by atoms with Gasteiger partial charge in [-0.2, -0.15) is 0 Å². The van der Waals surface area contributed by atoms with E-state index in [0.717, 1.165) is 0 Å². The van der Waals surface area contributed by atoms with Crippen molar-refractivity contribution in [2.24, 2.45) is 0 Å². The van der Waals surface area contributed by atoms with Crippen molar-refractivity contribution in [2.45, 2.75) is 0 Å². The fourth-order valence-electron chi connectivity index (χ4n) is 7.76. The zero-order valence-corrected chi connectivity index (χ0v) is 44.5. The number of carbonyl (C=O) groups is 6. The van der Waals surface area contributed by atoms with E-state index in [1.165, 1.54) is 65.8 Å². The van der Waals surface area contributed by atoms with E-state index in [9.17, 15) is 90.0 Å². The van der Waals surface area contributed by atoms with Crippen molar-refractivity contribution in [1.29, 1.82) is 0 Å². The topological polar surface area (TPSA) is 382 Å². The maximum absolute atomic E-state index is 11.0. The van der Waals surface area contributed by atoms with Crippen LogP contribution in [0.1, 0.15) is 0 Å². The van der Waals surface area contributed by atoms with E-state index >= 15 is 0 Å². The van der Waals surface area contributed by atoms with E-state index in [1.807, 2.05) is 0 Å². The summed E-state index contributed by atoms with van der Waals surface area (Å²) in [7, 11) is 0. The van der Waals surface area contributed by atoms with Crippen molar-refractivity contribution in [2.75, 3.05) is 108 Å². The fourth-order valence-corrected chi connectivity index (χ4v) is 7.76. The Morgan fingerprint density at radius 1 is 0.250 bits per heavy atom. The summed E-state index contributed by atoms with van der Waals surface area (Å²) in [4.78, 5) is 74.4. The molecule has 0 aliphatic rings. The van der Waals surface area contributed by atoms with Gasteiger partial charge in [0.1, 0.15) is 34.5 Å². The number of carboxylic acid groups (broad SMARTS) is 6. The molecule has 0 amide bonds. The minimum atomic E-state index is -1.35. The third-order valence-corrected chi connectivity index (χ3v) is 11.2. The second kappa shape index (κ2) is 33.8. The van der Waals surface area contributed by atoms with Gasteiger partial charge in [-0.05, 0) is 72.8 Å². The van der Waals surface area contributed by atoms with Gasteiger partial charge in [0.15, 0.2) is 0 Å². The Bertz CT molecular complexity index is 2470. The predicted molar refractivity (Wildman–Crippen MR) is 272 cm³/mol. The van der Waals surface area contributed by atoms with Crippen molar-refractivity contribution >= 4 is 69.9 Å². The van der Waals surface area contributed by atoms with Gasteiger partial charge in [-0.25, -0.2) is 0 Å². The molecule has 26 heteroatoms. The quantitative estimate of drug-likeness (QED) is 0.0276. The van der Waals surface area contributed by atoms with E-state index in [2.05, 4.69) is 0 Å². The molecule has 0 atom stereocenters. The van der Waals surface area contributed by atoms with E-state index in [4.69, 9.17) is 0 Å². The summed E-state index contributed by atoms with van der Waals surface area (Å²) in [5, 5.41) is 126. The SMILES string of the molecule is O=C([O-])CN(CCN(CC(=O)[O-])c1ccccc1O)c1ccccc1O.O=C([O-])CN(CCN(CC(=O)[O-])c1ccccc1O)c1ccccc1O.O=C([O-])CN(CCN(CC(=O)[O-])c1ccccc1O)c1ccccc1O.[Fe+3].[Fe+3]. The number of para-hydroxylation sites is 12. The van der Waals surface area contributed by atoms with Gasteiger partial charge in [-0.1, -0.05) is 72.8 Å². The molecule has 2 radical (unpaired) electrons. The largest absolute Gasteiger partial charge is 3.00 e. The third kappa shape index (κ3) is 22.0. The molecular formula is C54H54Fe2N6O18. The van der Waals surface area contributed by atoms with Crippen molar-refractivity contribution in [3.05, 3.63) is 146 Å².